The van der Waals surface area contributed by atoms with Crippen LogP contribution in [0.1, 0.15) is 19.4 Å². The summed E-state index contributed by atoms with van der Waals surface area (Å²) < 4.78 is 0. The number of hydrogen-bond donors (Lipinski definition) is 3. The van der Waals surface area contributed by atoms with Crippen molar-refractivity contribution in [3.8, 4) is 0 Å². The third-order valence-corrected chi connectivity index (χ3v) is 3.13. The molecule has 92 valence electrons. The monoisotopic (exact) mass is 232 g/mol. The molecule has 0 aliphatic heterocycles. The second-order valence-electron chi connectivity index (χ2n) is 4.76. The molecule has 0 bridgehead atoms. The van der Waals surface area contributed by atoms with Crippen LogP contribution in [-0.4, -0.2) is 22.8 Å². The van der Waals surface area contributed by atoms with Crippen molar-refractivity contribution >= 4 is 10.9 Å². The minimum Gasteiger partial charge on any atom is -0.329 e. The molecule has 1 atom stereocenters. The summed E-state index contributed by atoms with van der Waals surface area (Å²) in [4.78, 5) is 0. The highest BCUT2D eigenvalue weighted by molar-refractivity contribution is 5.78. The fourth-order valence-corrected chi connectivity index (χ4v) is 1.93. The summed E-state index contributed by atoms with van der Waals surface area (Å²) >= 11 is 0. The number of aromatic nitrogens is 2. The molecule has 4 heteroatoms. The van der Waals surface area contributed by atoms with Gasteiger partial charge < -0.3 is 11.1 Å². The molecule has 0 aliphatic carbocycles. The van der Waals surface area contributed by atoms with Gasteiger partial charge in [-0.05, 0) is 17.5 Å². The van der Waals surface area contributed by atoms with Crippen molar-refractivity contribution in [2.24, 2.45) is 11.7 Å². The van der Waals surface area contributed by atoms with Gasteiger partial charge in [-0.3, -0.25) is 5.10 Å². The highest BCUT2D eigenvalue weighted by atomic mass is 15.1. The molecule has 1 unspecified atom stereocenters. The first-order valence-electron chi connectivity index (χ1n) is 6.06. The van der Waals surface area contributed by atoms with Crippen molar-refractivity contribution in [2.45, 2.75) is 26.4 Å². The van der Waals surface area contributed by atoms with Crippen LogP contribution in [0.15, 0.2) is 24.4 Å². The first kappa shape index (κ1) is 12.1. The maximum Gasteiger partial charge on any atom is 0.0653 e. The largest absolute Gasteiger partial charge is 0.329 e. The van der Waals surface area contributed by atoms with Gasteiger partial charge in [0.2, 0.25) is 0 Å². The summed E-state index contributed by atoms with van der Waals surface area (Å²) in [6.07, 6.45) is 1.84. The molecule has 2 rings (SSSR count). The summed E-state index contributed by atoms with van der Waals surface area (Å²) in [7, 11) is 0. The van der Waals surface area contributed by atoms with Gasteiger partial charge in [0.15, 0.2) is 0 Å². The number of aromatic amines is 1. The van der Waals surface area contributed by atoms with Gasteiger partial charge in [0.05, 0.1) is 11.7 Å². The van der Waals surface area contributed by atoms with Crippen molar-refractivity contribution < 1.29 is 0 Å². The Hall–Kier alpha value is -1.39. The lowest BCUT2D eigenvalue weighted by molar-refractivity contribution is 0.405. The predicted octanol–water partition coefficient (Wildman–Crippen LogP) is 1.64. The van der Waals surface area contributed by atoms with E-state index in [-0.39, 0.29) is 0 Å². The number of fused-ring (bicyclic) bond motifs is 1. The molecule has 0 amide bonds. The van der Waals surface area contributed by atoms with Gasteiger partial charge in [-0.25, -0.2) is 0 Å². The zero-order chi connectivity index (χ0) is 12.3. The van der Waals surface area contributed by atoms with Crippen molar-refractivity contribution in [1.29, 1.82) is 0 Å². The minimum absolute atomic E-state index is 0.368. The number of nitrogens with zero attached hydrogens (tertiary/aromatic N) is 1. The van der Waals surface area contributed by atoms with Gasteiger partial charge in [-0.2, -0.15) is 5.10 Å². The lowest BCUT2D eigenvalue weighted by atomic mass is 10.0. The fourth-order valence-electron chi connectivity index (χ4n) is 1.93. The molecule has 0 saturated carbocycles. The van der Waals surface area contributed by atoms with Crippen LogP contribution in [-0.2, 0) is 6.54 Å². The maximum atomic E-state index is 5.73. The van der Waals surface area contributed by atoms with E-state index in [2.05, 4.69) is 47.6 Å². The van der Waals surface area contributed by atoms with E-state index in [4.69, 9.17) is 5.73 Å². The Morgan fingerprint density at radius 2 is 2.24 bits per heavy atom. The number of rotatable bonds is 5. The van der Waals surface area contributed by atoms with Crippen molar-refractivity contribution in [1.82, 2.24) is 15.5 Å². The Morgan fingerprint density at radius 3 is 2.94 bits per heavy atom. The van der Waals surface area contributed by atoms with Crippen LogP contribution in [0.3, 0.4) is 0 Å². The second kappa shape index (κ2) is 5.29. The van der Waals surface area contributed by atoms with Crippen LogP contribution in [0.25, 0.3) is 10.9 Å². The fraction of sp³-hybridized carbons (Fsp3) is 0.462. The van der Waals surface area contributed by atoms with Crippen LogP contribution >= 0.6 is 0 Å². The number of nitrogens with two attached hydrogens (primary N) is 1. The summed E-state index contributed by atoms with van der Waals surface area (Å²) in [6, 6.07) is 6.71. The number of benzene rings is 1. The highest BCUT2D eigenvalue weighted by Crippen LogP contribution is 2.13. The molecule has 1 aromatic carbocycles. The molecule has 0 fully saturated rings. The minimum atomic E-state index is 0.368. The highest BCUT2D eigenvalue weighted by Gasteiger charge is 2.10. The topological polar surface area (TPSA) is 66.7 Å². The van der Waals surface area contributed by atoms with Crippen LogP contribution in [0.4, 0.5) is 0 Å². The molecule has 0 saturated heterocycles. The van der Waals surface area contributed by atoms with Gasteiger partial charge >= 0.3 is 0 Å². The third kappa shape index (κ3) is 2.84. The second-order valence-corrected chi connectivity index (χ2v) is 4.76. The van der Waals surface area contributed by atoms with E-state index in [0.717, 1.165) is 17.4 Å². The van der Waals surface area contributed by atoms with Crippen LogP contribution in [0.2, 0.25) is 0 Å². The number of nitrogens with one attached hydrogen (secondary N) is 2. The Labute approximate surface area is 102 Å². The standard InChI is InChI=1S/C13H20N4/c1-9(2)13(6-14)15-7-10-3-4-11-8-16-17-12(11)5-10/h3-5,8-9,13,15H,6-7,14H2,1-2H3,(H,16,17). The maximum absolute atomic E-state index is 5.73. The smallest absolute Gasteiger partial charge is 0.0653 e. The summed E-state index contributed by atoms with van der Waals surface area (Å²) in [5, 5.41) is 11.6. The van der Waals surface area contributed by atoms with Crippen LogP contribution in [0.5, 0.6) is 0 Å². The third-order valence-electron chi connectivity index (χ3n) is 3.13. The van der Waals surface area contributed by atoms with Gasteiger partial charge in [-0.1, -0.05) is 26.0 Å². The molecule has 0 spiro atoms. The first-order valence-corrected chi connectivity index (χ1v) is 6.06. The van der Waals surface area contributed by atoms with Gasteiger partial charge in [-0.15, -0.1) is 0 Å². The van der Waals surface area contributed by atoms with E-state index >= 15 is 0 Å². The summed E-state index contributed by atoms with van der Waals surface area (Å²) in [5.41, 5.74) is 8.07. The SMILES string of the molecule is CC(C)C(CN)NCc1ccc2cn[nH]c2c1. The Bertz CT molecular complexity index is 475. The molecule has 2 aromatic rings. The van der Waals surface area contributed by atoms with E-state index < -0.39 is 0 Å². The normalized spacial score (nSPS) is 13.4. The van der Waals surface area contributed by atoms with Crippen molar-refractivity contribution in [2.75, 3.05) is 6.54 Å². The lowest BCUT2D eigenvalue weighted by Gasteiger charge is -2.20. The van der Waals surface area contributed by atoms with E-state index in [1.807, 2.05) is 6.20 Å². The molecule has 1 heterocycles. The molecule has 0 radical (unpaired) electrons. The van der Waals surface area contributed by atoms with Crippen LogP contribution in [0, 0.1) is 5.92 Å². The Balaban J connectivity index is 2.02. The van der Waals surface area contributed by atoms with Crippen molar-refractivity contribution in [3.63, 3.8) is 0 Å². The molecule has 0 aliphatic rings. The number of hydrogen-bond acceptors (Lipinski definition) is 3. The van der Waals surface area contributed by atoms with E-state index in [1.165, 1.54) is 5.56 Å². The molecule has 1 aromatic heterocycles. The molecule has 4 N–H and O–H groups in total. The average molecular weight is 232 g/mol. The first-order chi connectivity index (χ1) is 8.20. The molecule has 4 nitrogen and oxygen atoms in total. The average Bonchev–Trinajstić information content (AvgIpc) is 2.76. The zero-order valence-corrected chi connectivity index (χ0v) is 10.4. The van der Waals surface area contributed by atoms with E-state index in [9.17, 15) is 0 Å². The van der Waals surface area contributed by atoms with Crippen LogP contribution < -0.4 is 11.1 Å². The van der Waals surface area contributed by atoms with Gasteiger partial charge in [0.25, 0.3) is 0 Å². The Kier molecular flexibility index (Phi) is 3.76. The van der Waals surface area contributed by atoms with E-state index in [0.29, 0.717) is 18.5 Å². The molecular weight excluding hydrogens is 212 g/mol. The van der Waals surface area contributed by atoms with Crippen molar-refractivity contribution in [3.05, 3.63) is 30.0 Å². The quantitative estimate of drug-likeness (QED) is 0.734. The summed E-state index contributed by atoms with van der Waals surface area (Å²) in [5.74, 6) is 0.552. The predicted molar refractivity (Wildman–Crippen MR) is 70.6 cm³/mol. The Morgan fingerprint density at radius 1 is 1.41 bits per heavy atom. The number of H-pyrrole nitrogens is 1. The van der Waals surface area contributed by atoms with Gasteiger partial charge in [0, 0.05) is 24.5 Å². The molecular formula is C13H20N4. The molecule has 17 heavy (non-hydrogen) atoms. The van der Waals surface area contributed by atoms with Gasteiger partial charge in [0.1, 0.15) is 0 Å². The zero-order valence-electron chi connectivity index (χ0n) is 10.4. The lowest BCUT2D eigenvalue weighted by Crippen LogP contribution is -2.39. The summed E-state index contributed by atoms with van der Waals surface area (Å²) in [6.45, 7) is 5.88. The van der Waals surface area contributed by atoms with E-state index in [1.54, 1.807) is 0 Å².